The Hall–Kier alpha value is -2.88. The van der Waals surface area contributed by atoms with E-state index >= 15 is 0 Å². The summed E-state index contributed by atoms with van der Waals surface area (Å²) in [6.45, 7) is 2.83. The number of aliphatic imine (C=N–C) groups is 1. The summed E-state index contributed by atoms with van der Waals surface area (Å²) >= 11 is 0. The van der Waals surface area contributed by atoms with Crippen molar-refractivity contribution < 1.29 is 24.5 Å². The maximum absolute atomic E-state index is 12.5. The molecule has 182 valence electrons. The number of ether oxygens (including phenoxy) is 1. The number of piperidine rings is 1. The lowest BCUT2D eigenvalue weighted by molar-refractivity contribution is -0.137. The Balaban J connectivity index is 1.39. The monoisotopic (exact) mass is 461 g/mol. The Kier molecular flexibility index (Phi) is 9.29. The number of carboxylic acid groups (broad SMARTS) is 1. The lowest BCUT2D eigenvalue weighted by Crippen LogP contribution is -2.47. The van der Waals surface area contributed by atoms with Crippen molar-refractivity contribution in [2.75, 3.05) is 39.8 Å². The number of rotatable bonds is 10. The van der Waals surface area contributed by atoms with E-state index < -0.39 is 12.1 Å². The van der Waals surface area contributed by atoms with Crippen molar-refractivity contribution in [3.63, 3.8) is 0 Å². The van der Waals surface area contributed by atoms with Crippen LogP contribution < -0.4 is 15.4 Å². The Morgan fingerprint density at radius 2 is 2.12 bits per heavy atom. The highest BCUT2D eigenvalue weighted by atomic mass is 16.5. The average molecular weight is 462 g/mol. The smallest absolute Gasteiger partial charge is 0.303 e. The zero-order valence-electron chi connectivity index (χ0n) is 19.2. The van der Waals surface area contributed by atoms with Crippen LogP contribution >= 0.6 is 0 Å². The van der Waals surface area contributed by atoms with Gasteiger partial charge >= 0.3 is 5.97 Å². The number of nitrogens with one attached hydrogen (secondary N) is 2. The van der Waals surface area contributed by atoms with Crippen LogP contribution in [-0.2, 0) is 9.59 Å². The van der Waals surface area contributed by atoms with Gasteiger partial charge in [-0.15, -0.1) is 0 Å². The SMILES string of the molecule is COc1ccc(C(CCC2CCN(C(=O)CCNC3=NCC(O)CN3)CC2)CC(=O)O)cn1. The first-order valence-electron chi connectivity index (χ1n) is 11.6. The zero-order chi connectivity index (χ0) is 23.6. The third-order valence-electron chi connectivity index (χ3n) is 6.35. The third kappa shape index (κ3) is 7.88. The van der Waals surface area contributed by atoms with Crippen molar-refractivity contribution in [1.82, 2.24) is 20.5 Å². The van der Waals surface area contributed by atoms with Gasteiger partial charge in [0.05, 0.1) is 26.2 Å². The molecule has 0 aliphatic carbocycles. The van der Waals surface area contributed by atoms with Gasteiger partial charge in [-0.2, -0.15) is 0 Å². The van der Waals surface area contributed by atoms with E-state index in [4.69, 9.17) is 4.74 Å². The highest BCUT2D eigenvalue weighted by Gasteiger charge is 2.24. The number of nitrogens with zero attached hydrogens (tertiary/aromatic N) is 3. The number of amides is 1. The third-order valence-corrected chi connectivity index (χ3v) is 6.35. The Labute approximate surface area is 194 Å². The van der Waals surface area contributed by atoms with Gasteiger partial charge in [0.25, 0.3) is 0 Å². The van der Waals surface area contributed by atoms with E-state index in [1.807, 2.05) is 11.0 Å². The molecule has 1 aromatic heterocycles. The van der Waals surface area contributed by atoms with E-state index in [1.54, 1.807) is 19.4 Å². The van der Waals surface area contributed by atoms with Gasteiger partial charge in [-0.25, -0.2) is 4.98 Å². The number of methoxy groups -OCH3 is 1. The fourth-order valence-corrected chi connectivity index (χ4v) is 4.36. The summed E-state index contributed by atoms with van der Waals surface area (Å²) in [4.78, 5) is 34.2. The minimum Gasteiger partial charge on any atom is -0.481 e. The number of β-amino-alcohol motifs (C(OH)–C–C–N with tert-alkyl or cyclic N) is 1. The van der Waals surface area contributed by atoms with Crippen molar-refractivity contribution in [1.29, 1.82) is 0 Å². The molecule has 2 atom stereocenters. The van der Waals surface area contributed by atoms with Crippen LogP contribution in [0.2, 0.25) is 0 Å². The predicted molar refractivity (Wildman–Crippen MR) is 123 cm³/mol. The first-order valence-corrected chi connectivity index (χ1v) is 11.6. The largest absolute Gasteiger partial charge is 0.481 e. The molecule has 4 N–H and O–H groups in total. The van der Waals surface area contributed by atoms with Crippen LogP contribution in [0.25, 0.3) is 0 Å². The minimum absolute atomic E-state index is 0.0796. The molecule has 2 unspecified atom stereocenters. The Morgan fingerprint density at radius 1 is 1.33 bits per heavy atom. The molecule has 3 rings (SSSR count). The second kappa shape index (κ2) is 12.4. The summed E-state index contributed by atoms with van der Waals surface area (Å²) < 4.78 is 5.09. The van der Waals surface area contributed by atoms with Crippen LogP contribution in [0, 0.1) is 5.92 Å². The van der Waals surface area contributed by atoms with Crippen LogP contribution in [0.1, 0.15) is 50.0 Å². The van der Waals surface area contributed by atoms with Gasteiger partial charge in [-0.1, -0.05) is 6.07 Å². The number of carboxylic acids is 1. The molecule has 0 radical (unpaired) electrons. The number of aliphatic carboxylic acids is 1. The molecule has 3 heterocycles. The van der Waals surface area contributed by atoms with E-state index in [2.05, 4.69) is 20.6 Å². The number of likely N-dealkylation sites (tertiary alicyclic amines) is 1. The fraction of sp³-hybridized carbons (Fsp3) is 0.652. The highest BCUT2D eigenvalue weighted by molar-refractivity contribution is 5.81. The molecule has 2 aliphatic rings. The van der Waals surface area contributed by atoms with Gasteiger partial charge in [0, 0.05) is 44.9 Å². The molecule has 1 saturated heterocycles. The van der Waals surface area contributed by atoms with E-state index in [1.165, 1.54) is 0 Å². The predicted octanol–water partition coefficient (Wildman–Crippen LogP) is 0.967. The molecule has 10 nitrogen and oxygen atoms in total. The Morgan fingerprint density at radius 3 is 2.73 bits per heavy atom. The molecule has 0 spiro atoms. The fourth-order valence-electron chi connectivity index (χ4n) is 4.36. The first kappa shape index (κ1) is 24.8. The lowest BCUT2D eigenvalue weighted by Gasteiger charge is -2.33. The summed E-state index contributed by atoms with van der Waals surface area (Å²) in [5, 5.41) is 24.9. The van der Waals surface area contributed by atoms with Gasteiger partial charge in [0.15, 0.2) is 5.96 Å². The summed E-state index contributed by atoms with van der Waals surface area (Å²) in [5.74, 6) is 0.878. The molecule has 10 heteroatoms. The number of guanidine groups is 1. The van der Waals surface area contributed by atoms with Crippen molar-refractivity contribution in [3.8, 4) is 5.88 Å². The normalized spacial score (nSPS) is 19.9. The number of aliphatic hydroxyl groups is 1. The maximum atomic E-state index is 12.5. The van der Waals surface area contributed by atoms with Crippen molar-refractivity contribution >= 4 is 17.8 Å². The summed E-state index contributed by atoms with van der Waals surface area (Å²) in [7, 11) is 1.55. The molecule has 0 bridgehead atoms. The van der Waals surface area contributed by atoms with Gasteiger partial charge in [-0.3, -0.25) is 14.6 Å². The summed E-state index contributed by atoms with van der Waals surface area (Å²) in [6.07, 6.45) is 5.33. The van der Waals surface area contributed by atoms with E-state index in [-0.39, 0.29) is 18.2 Å². The molecule has 0 aromatic carbocycles. The summed E-state index contributed by atoms with van der Waals surface area (Å²) in [6, 6.07) is 3.66. The molecule has 1 fully saturated rings. The summed E-state index contributed by atoms with van der Waals surface area (Å²) in [5.41, 5.74) is 0.921. The molecule has 1 aromatic rings. The average Bonchev–Trinajstić information content (AvgIpc) is 2.83. The van der Waals surface area contributed by atoms with Crippen molar-refractivity contribution in [2.24, 2.45) is 10.9 Å². The van der Waals surface area contributed by atoms with E-state index in [0.29, 0.717) is 43.8 Å². The second-order valence-corrected chi connectivity index (χ2v) is 8.73. The van der Waals surface area contributed by atoms with Gasteiger partial charge in [-0.05, 0) is 43.1 Å². The molecule has 0 saturated carbocycles. The first-order chi connectivity index (χ1) is 15.9. The minimum atomic E-state index is -0.810. The highest BCUT2D eigenvalue weighted by Crippen LogP contribution is 2.30. The van der Waals surface area contributed by atoms with Crippen LogP contribution in [0.3, 0.4) is 0 Å². The van der Waals surface area contributed by atoms with Crippen LogP contribution in [0.15, 0.2) is 23.3 Å². The van der Waals surface area contributed by atoms with Gasteiger partial charge in [0.1, 0.15) is 0 Å². The maximum Gasteiger partial charge on any atom is 0.303 e. The standard InChI is InChI=1S/C23H35N5O5/c1-33-20-5-4-18(13-25-20)17(12-22(31)32)3-2-16-7-10-28(11-8-16)21(30)6-9-24-23-26-14-19(29)15-27-23/h4-5,13,16-17,19,29H,2-3,6-12,14-15H2,1H3,(H,31,32)(H2,24,26,27). The Bertz CT molecular complexity index is 808. The van der Waals surface area contributed by atoms with Crippen molar-refractivity contribution in [3.05, 3.63) is 23.9 Å². The number of carbonyl (C=O) groups excluding carboxylic acids is 1. The van der Waals surface area contributed by atoms with Gasteiger partial charge in [0.2, 0.25) is 11.8 Å². The number of pyridine rings is 1. The molecular weight excluding hydrogens is 426 g/mol. The quantitative estimate of drug-likeness (QED) is 0.405. The molecule has 33 heavy (non-hydrogen) atoms. The number of hydrogen-bond donors (Lipinski definition) is 4. The second-order valence-electron chi connectivity index (χ2n) is 8.73. The molecule has 1 amide bonds. The number of aromatic nitrogens is 1. The van der Waals surface area contributed by atoms with Crippen LogP contribution in [0.5, 0.6) is 5.88 Å². The van der Waals surface area contributed by atoms with E-state index in [0.717, 1.165) is 44.3 Å². The molecule has 2 aliphatic heterocycles. The van der Waals surface area contributed by atoms with E-state index in [9.17, 15) is 19.8 Å². The number of hydrogen-bond acceptors (Lipinski definition) is 8. The number of aliphatic hydroxyl groups excluding tert-OH is 1. The van der Waals surface area contributed by atoms with Crippen LogP contribution in [0.4, 0.5) is 0 Å². The topological polar surface area (TPSA) is 136 Å². The molecular formula is C23H35N5O5. The zero-order valence-corrected chi connectivity index (χ0v) is 19.2. The number of carbonyl (C=O) groups is 2. The lowest BCUT2D eigenvalue weighted by atomic mass is 9.85. The van der Waals surface area contributed by atoms with Crippen LogP contribution in [-0.4, -0.2) is 83.9 Å². The van der Waals surface area contributed by atoms with Crippen molar-refractivity contribution in [2.45, 2.75) is 50.5 Å². The van der Waals surface area contributed by atoms with Gasteiger partial charge < -0.3 is 30.5 Å².